The Bertz CT molecular complexity index is 429. The Kier molecular flexibility index (Phi) is 6.56. The molecule has 3 nitrogen and oxygen atoms in total. The minimum atomic E-state index is -0.724. The van der Waals surface area contributed by atoms with E-state index < -0.39 is 5.97 Å². The number of carboxylic acids is 1. The molecule has 20 heavy (non-hydrogen) atoms. The molecule has 1 unspecified atom stereocenters. The number of aliphatic carboxylic acids is 1. The maximum Gasteiger partial charge on any atom is 0.303 e. The minimum Gasteiger partial charge on any atom is -0.496 e. The van der Waals surface area contributed by atoms with Gasteiger partial charge in [-0.3, -0.25) is 4.79 Å². The van der Waals surface area contributed by atoms with Crippen molar-refractivity contribution >= 4 is 5.97 Å². The fraction of sp³-hybridized carbons (Fsp3) is 0.588. The third kappa shape index (κ3) is 4.55. The lowest BCUT2D eigenvalue weighted by Gasteiger charge is -2.18. The molecule has 112 valence electrons. The van der Waals surface area contributed by atoms with E-state index in [1.54, 1.807) is 7.11 Å². The number of carboxylic acid groups (broad SMARTS) is 1. The van der Waals surface area contributed by atoms with E-state index in [2.05, 4.69) is 19.1 Å². The molecule has 0 amide bonds. The van der Waals surface area contributed by atoms with Gasteiger partial charge in [-0.2, -0.15) is 0 Å². The zero-order valence-electron chi connectivity index (χ0n) is 13.0. The first-order chi connectivity index (χ1) is 9.49. The molecule has 3 heteroatoms. The van der Waals surface area contributed by atoms with Gasteiger partial charge in [0.2, 0.25) is 0 Å². The molecule has 1 aromatic carbocycles. The third-order valence-corrected chi connectivity index (χ3v) is 3.74. The summed E-state index contributed by atoms with van der Waals surface area (Å²) < 4.78 is 5.37. The van der Waals surface area contributed by atoms with Crippen LogP contribution in [0.25, 0.3) is 0 Å². The van der Waals surface area contributed by atoms with E-state index in [9.17, 15) is 4.79 Å². The van der Waals surface area contributed by atoms with Crippen LogP contribution in [0, 0.1) is 13.8 Å². The molecule has 0 aromatic heterocycles. The maximum atomic E-state index is 11.1. The summed E-state index contributed by atoms with van der Waals surface area (Å²) in [5.74, 6) is 0.274. The molecule has 0 radical (unpaired) electrons. The van der Waals surface area contributed by atoms with Crippen molar-refractivity contribution in [1.82, 2.24) is 0 Å². The second-order valence-electron chi connectivity index (χ2n) is 5.48. The van der Waals surface area contributed by atoms with E-state index >= 15 is 0 Å². The molecule has 0 fully saturated rings. The molecule has 1 N–H and O–H groups in total. The molecule has 0 saturated carbocycles. The number of aryl methyl sites for hydroxylation is 2. The average molecular weight is 278 g/mol. The summed E-state index contributed by atoms with van der Waals surface area (Å²) in [5.41, 5.74) is 3.28. The van der Waals surface area contributed by atoms with Crippen LogP contribution in [0.15, 0.2) is 12.1 Å². The molecule has 0 bridgehead atoms. The molecule has 0 aliphatic heterocycles. The Hall–Kier alpha value is -1.51. The lowest BCUT2D eigenvalue weighted by Crippen LogP contribution is -2.08. The Morgan fingerprint density at radius 2 is 1.85 bits per heavy atom. The van der Waals surface area contributed by atoms with Crippen molar-refractivity contribution in [2.45, 2.75) is 58.8 Å². The number of rotatable bonds is 8. The number of ether oxygens (including phenoxy) is 1. The molecule has 0 spiro atoms. The molecular weight excluding hydrogens is 252 g/mol. The van der Waals surface area contributed by atoms with Gasteiger partial charge in [0.05, 0.1) is 13.5 Å². The summed E-state index contributed by atoms with van der Waals surface area (Å²) in [7, 11) is 1.67. The molecule has 0 heterocycles. The van der Waals surface area contributed by atoms with Gasteiger partial charge in [-0.15, -0.1) is 0 Å². The van der Waals surface area contributed by atoms with Crippen LogP contribution in [0.4, 0.5) is 0 Å². The summed E-state index contributed by atoms with van der Waals surface area (Å²) in [6.45, 7) is 6.19. The topological polar surface area (TPSA) is 46.5 Å². The molecule has 0 aliphatic carbocycles. The number of unbranched alkanes of at least 4 members (excludes halogenated alkanes) is 2. The van der Waals surface area contributed by atoms with E-state index in [-0.39, 0.29) is 12.3 Å². The van der Waals surface area contributed by atoms with Gasteiger partial charge >= 0.3 is 5.97 Å². The lowest BCUT2D eigenvalue weighted by atomic mass is 9.88. The zero-order valence-corrected chi connectivity index (χ0v) is 13.0. The maximum absolute atomic E-state index is 11.1. The van der Waals surface area contributed by atoms with Gasteiger partial charge < -0.3 is 9.84 Å². The van der Waals surface area contributed by atoms with Gasteiger partial charge in [-0.05, 0) is 42.9 Å². The number of hydrogen-bond donors (Lipinski definition) is 1. The van der Waals surface area contributed by atoms with Crippen molar-refractivity contribution in [2.24, 2.45) is 0 Å². The quantitative estimate of drug-likeness (QED) is 0.714. The van der Waals surface area contributed by atoms with Crippen LogP contribution in [0.2, 0.25) is 0 Å². The van der Waals surface area contributed by atoms with Crippen LogP contribution >= 0.6 is 0 Å². The second-order valence-corrected chi connectivity index (χ2v) is 5.48. The highest BCUT2D eigenvalue weighted by Gasteiger charge is 2.17. The Morgan fingerprint density at radius 1 is 1.25 bits per heavy atom. The monoisotopic (exact) mass is 278 g/mol. The highest BCUT2D eigenvalue weighted by atomic mass is 16.5. The second kappa shape index (κ2) is 7.93. The summed E-state index contributed by atoms with van der Waals surface area (Å²) in [5, 5.41) is 9.12. The third-order valence-electron chi connectivity index (χ3n) is 3.74. The highest BCUT2D eigenvalue weighted by molar-refractivity contribution is 5.68. The Morgan fingerprint density at radius 3 is 2.30 bits per heavy atom. The van der Waals surface area contributed by atoms with Gasteiger partial charge in [-0.25, -0.2) is 0 Å². The van der Waals surface area contributed by atoms with E-state index in [1.165, 1.54) is 0 Å². The van der Waals surface area contributed by atoms with Crippen molar-refractivity contribution in [3.8, 4) is 5.75 Å². The summed E-state index contributed by atoms with van der Waals surface area (Å²) in [6.07, 6.45) is 4.53. The average Bonchev–Trinajstić information content (AvgIpc) is 2.37. The van der Waals surface area contributed by atoms with E-state index in [4.69, 9.17) is 9.84 Å². The van der Waals surface area contributed by atoms with Gasteiger partial charge in [0.25, 0.3) is 0 Å². The number of benzene rings is 1. The molecule has 0 saturated heterocycles. The van der Waals surface area contributed by atoms with Crippen molar-refractivity contribution < 1.29 is 14.6 Å². The molecule has 0 aliphatic rings. The van der Waals surface area contributed by atoms with E-state index in [0.29, 0.717) is 0 Å². The minimum absolute atomic E-state index is 0.0994. The molecule has 1 rings (SSSR count). The predicted molar refractivity (Wildman–Crippen MR) is 81.6 cm³/mol. The standard InChI is InChI=1S/C17H26O3/c1-5-6-7-8-14(11-16(18)19)15-9-12(2)17(20-4)13(3)10-15/h9-10,14H,5-8,11H2,1-4H3,(H,18,19). The number of methoxy groups -OCH3 is 1. The molecule has 1 aromatic rings. The predicted octanol–water partition coefficient (Wildman–Crippen LogP) is 4.45. The van der Waals surface area contributed by atoms with E-state index in [1.807, 2.05) is 13.8 Å². The Balaban J connectivity index is 2.97. The summed E-state index contributed by atoms with van der Waals surface area (Å²) in [4.78, 5) is 11.1. The smallest absolute Gasteiger partial charge is 0.303 e. The highest BCUT2D eigenvalue weighted by Crippen LogP contribution is 2.32. The van der Waals surface area contributed by atoms with Crippen LogP contribution in [0.1, 0.15) is 61.6 Å². The summed E-state index contributed by atoms with van der Waals surface area (Å²) >= 11 is 0. The van der Waals surface area contributed by atoms with Gasteiger partial charge in [-0.1, -0.05) is 38.3 Å². The number of hydrogen-bond acceptors (Lipinski definition) is 2. The fourth-order valence-electron chi connectivity index (χ4n) is 2.78. The first-order valence-corrected chi connectivity index (χ1v) is 7.36. The van der Waals surface area contributed by atoms with Crippen molar-refractivity contribution in [1.29, 1.82) is 0 Å². The lowest BCUT2D eigenvalue weighted by molar-refractivity contribution is -0.137. The number of carbonyl (C=O) groups is 1. The largest absolute Gasteiger partial charge is 0.496 e. The van der Waals surface area contributed by atoms with Crippen molar-refractivity contribution in [3.63, 3.8) is 0 Å². The van der Waals surface area contributed by atoms with Crippen LogP contribution in [-0.2, 0) is 4.79 Å². The first-order valence-electron chi connectivity index (χ1n) is 7.36. The van der Waals surface area contributed by atoms with Crippen LogP contribution < -0.4 is 4.74 Å². The van der Waals surface area contributed by atoms with Gasteiger partial charge in [0, 0.05) is 0 Å². The van der Waals surface area contributed by atoms with Crippen LogP contribution in [-0.4, -0.2) is 18.2 Å². The Labute approximate surface area is 122 Å². The van der Waals surface area contributed by atoms with Crippen LogP contribution in [0.5, 0.6) is 5.75 Å². The molecule has 1 atom stereocenters. The van der Waals surface area contributed by atoms with E-state index in [0.717, 1.165) is 48.1 Å². The van der Waals surface area contributed by atoms with Gasteiger partial charge in [0.1, 0.15) is 5.75 Å². The van der Waals surface area contributed by atoms with Crippen molar-refractivity contribution in [3.05, 3.63) is 28.8 Å². The fourth-order valence-corrected chi connectivity index (χ4v) is 2.78. The normalized spacial score (nSPS) is 12.2. The first kappa shape index (κ1) is 16.5. The van der Waals surface area contributed by atoms with Gasteiger partial charge in [0.15, 0.2) is 0 Å². The molecular formula is C17H26O3. The zero-order chi connectivity index (χ0) is 15.1. The van der Waals surface area contributed by atoms with Crippen LogP contribution in [0.3, 0.4) is 0 Å². The SMILES string of the molecule is CCCCCC(CC(=O)O)c1cc(C)c(OC)c(C)c1. The van der Waals surface area contributed by atoms with Crippen molar-refractivity contribution in [2.75, 3.05) is 7.11 Å². The summed E-state index contributed by atoms with van der Waals surface area (Å²) in [6, 6.07) is 4.15.